The van der Waals surface area contributed by atoms with E-state index >= 15 is 0 Å². The van der Waals surface area contributed by atoms with Gasteiger partial charge in [-0.15, -0.1) is 0 Å². The van der Waals surface area contributed by atoms with Crippen LogP contribution in [0.2, 0.25) is 0 Å². The van der Waals surface area contributed by atoms with Gasteiger partial charge in [0.15, 0.2) is 34.7 Å². The number of hydrogen-bond acceptors (Lipinski definition) is 7. The minimum atomic E-state index is -4.39. The first-order valence-corrected chi connectivity index (χ1v) is 11.6. The molecule has 0 radical (unpaired) electrons. The van der Waals surface area contributed by atoms with Crippen LogP contribution in [0.15, 0.2) is 29.2 Å². The van der Waals surface area contributed by atoms with Gasteiger partial charge in [-0.2, -0.15) is 4.31 Å². The van der Waals surface area contributed by atoms with E-state index in [4.69, 9.17) is 9.47 Å². The Balaban J connectivity index is 1.39. The number of amides is 1. The van der Waals surface area contributed by atoms with Gasteiger partial charge in [0.1, 0.15) is 4.90 Å². The van der Waals surface area contributed by atoms with Crippen LogP contribution in [-0.4, -0.2) is 68.8 Å². The maximum atomic E-state index is 14.0. The average Bonchev–Trinajstić information content (AvgIpc) is 3.24. The third kappa shape index (κ3) is 4.58. The number of halogens is 3. The van der Waals surface area contributed by atoms with Crippen LogP contribution in [0.25, 0.3) is 0 Å². The molecule has 2 aromatic carbocycles. The Morgan fingerprint density at radius 1 is 1.00 bits per heavy atom. The van der Waals surface area contributed by atoms with Crippen molar-refractivity contribution in [1.29, 1.82) is 0 Å². The lowest BCUT2D eigenvalue weighted by molar-refractivity contribution is -0.117. The zero-order chi connectivity index (χ0) is 24.6. The van der Waals surface area contributed by atoms with Gasteiger partial charge in [-0.1, -0.05) is 0 Å². The first-order valence-electron chi connectivity index (χ1n) is 10.2. The Kier molecular flexibility index (Phi) is 6.51. The quantitative estimate of drug-likeness (QED) is 0.479. The second kappa shape index (κ2) is 9.24. The summed E-state index contributed by atoms with van der Waals surface area (Å²) in [6.45, 7) is 1.36. The highest BCUT2D eigenvalue weighted by Gasteiger charge is 2.33. The van der Waals surface area contributed by atoms with Crippen molar-refractivity contribution in [1.82, 2.24) is 9.21 Å². The topological polar surface area (TPSA) is 105 Å². The smallest absolute Gasteiger partial charge is 0.246 e. The van der Waals surface area contributed by atoms with Crippen molar-refractivity contribution < 1.29 is 40.7 Å². The number of Topliss-reactive ketones (excluding diaryl/α,β-unsaturated/α-hetero) is 1. The predicted molar refractivity (Wildman–Crippen MR) is 113 cm³/mol. The number of hydrogen-bond donors (Lipinski definition) is 1. The van der Waals surface area contributed by atoms with Crippen molar-refractivity contribution in [2.75, 3.05) is 44.8 Å². The van der Waals surface area contributed by atoms with Gasteiger partial charge in [0.25, 0.3) is 0 Å². The van der Waals surface area contributed by atoms with E-state index in [2.05, 4.69) is 5.32 Å². The van der Waals surface area contributed by atoms with Gasteiger partial charge >= 0.3 is 0 Å². The molecule has 1 N–H and O–H groups in total. The number of piperazine rings is 1. The lowest BCUT2D eigenvalue weighted by Crippen LogP contribution is -2.50. The molecule has 13 heteroatoms. The second-order valence-corrected chi connectivity index (χ2v) is 9.62. The number of nitrogens with zero attached hydrogens (tertiary/aromatic N) is 2. The first-order chi connectivity index (χ1) is 16.1. The van der Waals surface area contributed by atoms with E-state index in [1.807, 2.05) is 0 Å². The molecule has 9 nitrogen and oxygen atoms in total. The van der Waals surface area contributed by atoms with E-state index in [1.165, 1.54) is 19.1 Å². The Bertz CT molecular complexity index is 1260. The summed E-state index contributed by atoms with van der Waals surface area (Å²) < 4.78 is 77.5. The molecule has 2 aliphatic heterocycles. The van der Waals surface area contributed by atoms with Crippen LogP contribution in [0, 0.1) is 17.5 Å². The zero-order valence-electron chi connectivity index (χ0n) is 17.9. The highest BCUT2D eigenvalue weighted by atomic mass is 32.2. The van der Waals surface area contributed by atoms with Crippen LogP contribution in [0.5, 0.6) is 11.5 Å². The van der Waals surface area contributed by atoms with Crippen molar-refractivity contribution in [2.24, 2.45) is 0 Å². The Labute approximate surface area is 193 Å². The molecule has 2 aromatic rings. The summed E-state index contributed by atoms with van der Waals surface area (Å²) in [5.41, 5.74) is 0.513. The van der Waals surface area contributed by atoms with E-state index in [1.54, 1.807) is 4.90 Å². The number of benzene rings is 2. The monoisotopic (exact) mass is 499 g/mol. The van der Waals surface area contributed by atoms with Gasteiger partial charge in [0.2, 0.25) is 22.7 Å². The number of rotatable bonds is 6. The van der Waals surface area contributed by atoms with E-state index in [0.717, 1.165) is 4.31 Å². The number of fused-ring (bicyclic) bond motifs is 1. The lowest BCUT2D eigenvalue weighted by Gasteiger charge is -2.33. The van der Waals surface area contributed by atoms with Crippen LogP contribution < -0.4 is 14.8 Å². The minimum absolute atomic E-state index is 0.00568. The fourth-order valence-electron chi connectivity index (χ4n) is 3.70. The largest absolute Gasteiger partial charge is 0.454 e. The Hall–Kier alpha value is -3.16. The van der Waals surface area contributed by atoms with E-state index in [-0.39, 0.29) is 56.6 Å². The summed E-state index contributed by atoms with van der Waals surface area (Å²) in [7, 11) is -4.39. The molecule has 1 amide bonds. The maximum Gasteiger partial charge on any atom is 0.246 e. The molecule has 0 aliphatic carbocycles. The number of anilines is 1. The summed E-state index contributed by atoms with van der Waals surface area (Å²) in [5, 5.41) is 2.66. The standard InChI is InChI=1S/C21H20F3N3O6S/c1-12(28)13-8-16-17(33-11-32-16)9-15(13)25-19(29)10-26-4-6-27(7-5-26)34(30,31)18-3-2-14(22)20(23)21(18)24/h2-3,8-9H,4-7,10-11H2,1H3,(H,25,29). The number of ether oxygens (including phenoxy) is 2. The number of carbonyl (C=O) groups is 2. The van der Waals surface area contributed by atoms with Crippen LogP contribution in [0.3, 0.4) is 0 Å². The van der Waals surface area contributed by atoms with Crippen molar-refractivity contribution in [3.8, 4) is 11.5 Å². The van der Waals surface area contributed by atoms with Crippen molar-refractivity contribution in [3.05, 3.63) is 47.3 Å². The molecule has 4 rings (SSSR count). The van der Waals surface area contributed by atoms with Crippen molar-refractivity contribution >= 4 is 27.4 Å². The second-order valence-electron chi connectivity index (χ2n) is 7.71. The molecule has 34 heavy (non-hydrogen) atoms. The van der Waals surface area contributed by atoms with Crippen LogP contribution in [0.4, 0.5) is 18.9 Å². The third-order valence-corrected chi connectivity index (χ3v) is 7.40. The number of carbonyl (C=O) groups excluding carboxylic acids is 2. The van der Waals surface area contributed by atoms with E-state index < -0.39 is 38.3 Å². The van der Waals surface area contributed by atoms with Gasteiger partial charge in [-0.05, 0) is 25.1 Å². The molecule has 0 atom stereocenters. The summed E-state index contributed by atoms with van der Waals surface area (Å²) >= 11 is 0. The fraction of sp³-hybridized carbons (Fsp3) is 0.333. The number of sulfonamides is 1. The Morgan fingerprint density at radius 2 is 1.65 bits per heavy atom. The molecule has 0 spiro atoms. The van der Waals surface area contributed by atoms with E-state index in [0.29, 0.717) is 23.6 Å². The summed E-state index contributed by atoms with van der Waals surface area (Å²) in [5.74, 6) is -5.04. The Morgan fingerprint density at radius 3 is 2.29 bits per heavy atom. The lowest BCUT2D eigenvalue weighted by atomic mass is 10.1. The molecule has 1 fully saturated rings. The zero-order valence-corrected chi connectivity index (χ0v) is 18.8. The summed E-state index contributed by atoms with van der Waals surface area (Å²) in [6.07, 6.45) is 0. The van der Waals surface area contributed by atoms with Gasteiger partial charge in [-0.3, -0.25) is 14.5 Å². The minimum Gasteiger partial charge on any atom is -0.454 e. The molecular weight excluding hydrogens is 479 g/mol. The predicted octanol–water partition coefficient (Wildman–Crippen LogP) is 1.98. The van der Waals surface area contributed by atoms with Gasteiger partial charge in [0.05, 0.1) is 12.2 Å². The molecule has 0 unspecified atom stereocenters. The molecule has 1 saturated heterocycles. The van der Waals surface area contributed by atoms with Crippen molar-refractivity contribution in [2.45, 2.75) is 11.8 Å². The highest BCUT2D eigenvalue weighted by Crippen LogP contribution is 2.37. The fourth-order valence-corrected chi connectivity index (χ4v) is 5.18. The molecule has 182 valence electrons. The molecular formula is C21H20F3N3O6S. The van der Waals surface area contributed by atoms with Crippen LogP contribution >= 0.6 is 0 Å². The van der Waals surface area contributed by atoms with Gasteiger partial charge in [-0.25, -0.2) is 21.6 Å². The van der Waals surface area contributed by atoms with Crippen molar-refractivity contribution in [3.63, 3.8) is 0 Å². The molecule has 2 aliphatic rings. The molecule has 0 aromatic heterocycles. The summed E-state index contributed by atoms with van der Waals surface area (Å²) in [4.78, 5) is 25.3. The van der Waals surface area contributed by atoms with Crippen LogP contribution in [-0.2, 0) is 14.8 Å². The normalized spacial score (nSPS) is 16.5. The molecule has 0 saturated carbocycles. The molecule has 0 bridgehead atoms. The summed E-state index contributed by atoms with van der Waals surface area (Å²) in [6, 6.07) is 4.22. The van der Waals surface area contributed by atoms with Gasteiger partial charge in [0, 0.05) is 37.8 Å². The van der Waals surface area contributed by atoms with Crippen LogP contribution in [0.1, 0.15) is 17.3 Å². The number of nitrogens with one attached hydrogen (secondary N) is 1. The number of ketones is 1. The SMILES string of the molecule is CC(=O)c1cc2c(cc1NC(=O)CN1CCN(S(=O)(=O)c3ccc(F)c(F)c3F)CC1)OCO2. The van der Waals surface area contributed by atoms with Gasteiger partial charge < -0.3 is 14.8 Å². The third-order valence-electron chi connectivity index (χ3n) is 5.48. The highest BCUT2D eigenvalue weighted by molar-refractivity contribution is 7.89. The average molecular weight is 499 g/mol. The molecule has 2 heterocycles. The van der Waals surface area contributed by atoms with E-state index in [9.17, 15) is 31.2 Å². The first kappa shape index (κ1) is 24.0. The maximum absolute atomic E-state index is 14.0.